The zero-order valence-corrected chi connectivity index (χ0v) is 11.8. The topological polar surface area (TPSA) is 44.5 Å². The van der Waals surface area contributed by atoms with E-state index in [4.69, 9.17) is 15.2 Å². The van der Waals surface area contributed by atoms with Crippen LogP contribution >= 0.6 is 0 Å². The first-order valence-corrected chi connectivity index (χ1v) is 6.46. The Morgan fingerprint density at radius 2 is 1.70 bits per heavy atom. The Kier molecular flexibility index (Phi) is 4.13. The summed E-state index contributed by atoms with van der Waals surface area (Å²) in [6, 6.07) is 9.88. The molecule has 0 aliphatic carbocycles. The molecule has 2 N–H and O–H groups in total. The molecular weight excluding hydrogens is 257 g/mol. The van der Waals surface area contributed by atoms with E-state index in [1.165, 1.54) is 6.07 Å². The van der Waals surface area contributed by atoms with Gasteiger partial charge in [-0.15, -0.1) is 0 Å². The maximum absolute atomic E-state index is 13.5. The minimum atomic E-state index is -0.295. The molecule has 2 aromatic carbocycles. The number of anilines is 1. The van der Waals surface area contributed by atoms with Gasteiger partial charge >= 0.3 is 0 Å². The quantitative estimate of drug-likeness (QED) is 0.846. The molecule has 4 heteroatoms. The molecule has 0 atom stereocenters. The molecule has 0 bridgehead atoms. The van der Waals surface area contributed by atoms with Crippen molar-refractivity contribution in [3.8, 4) is 17.2 Å². The number of hydrogen-bond acceptors (Lipinski definition) is 3. The lowest BCUT2D eigenvalue weighted by molar-refractivity contribution is 0.243. The fourth-order valence-electron chi connectivity index (χ4n) is 1.71. The molecule has 0 aromatic heterocycles. The molecule has 0 aliphatic rings. The standard InChI is InChI=1S/C16H18FNO2/c1-10(2)19-16-9-13(6-7-15(16)18)20-12-5-4-11(3)14(17)8-12/h4-10H,18H2,1-3H3. The SMILES string of the molecule is Cc1ccc(Oc2ccc(N)c(OC(C)C)c2)cc1F. The normalized spacial score (nSPS) is 10.7. The molecule has 106 valence electrons. The van der Waals surface area contributed by atoms with Crippen molar-refractivity contribution in [2.45, 2.75) is 26.9 Å². The van der Waals surface area contributed by atoms with E-state index < -0.39 is 0 Å². The molecule has 0 spiro atoms. The summed E-state index contributed by atoms with van der Waals surface area (Å²) in [4.78, 5) is 0. The van der Waals surface area contributed by atoms with E-state index in [1.54, 1.807) is 37.3 Å². The Labute approximate surface area is 118 Å². The van der Waals surface area contributed by atoms with Gasteiger partial charge in [0.25, 0.3) is 0 Å². The average molecular weight is 275 g/mol. The third-order valence-electron chi connectivity index (χ3n) is 2.73. The van der Waals surface area contributed by atoms with Crippen LogP contribution in [-0.2, 0) is 0 Å². The van der Waals surface area contributed by atoms with E-state index in [9.17, 15) is 4.39 Å². The second-order valence-corrected chi connectivity index (χ2v) is 4.88. The van der Waals surface area contributed by atoms with Gasteiger partial charge in [-0.05, 0) is 44.5 Å². The minimum absolute atomic E-state index is 0.0179. The fraction of sp³-hybridized carbons (Fsp3) is 0.250. The van der Waals surface area contributed by atoms with E-state index in [1.807, 2.05) is 13.8 Å². The van der Waals surface area contributed by atoms with E-state index in [-0.39, 0.29) is 11.9 Å². The molecule has 0 radical (unpaired) electrons. The molecule has 2 rings (SSSR count). The van der Waals surface area contributed by atoms with Crippen molar-refractivity contribution in [3.05, 3.63) is 47.8 Å². The van der Waals surface area contributed by atoms with Gasteiger partial charge in [0.2, 0.25) is 0 Å². The highest BCUT2D eigenvalue weighted by Crippen LogP contribution is 2.31. The van der Waals surface area contributed by atoms with Gasteiger partial charge in [0.1, 0.15) is 23.1 Å². The second-order valence-electron chi connectivity index (χ2n) is 4.88. The first-order chi connectivity index (χ1) is 9.45. The number of halogens is 1. The number of benzene rings is 2. The maximum Gasteiger partial charge on any atom is 0.146 e. The van der Waals surface area contributed by atoms with Crippen molar-refractivity contribution in [2.75, 3.05) is 5.73 Å². The Morgan fingerprint density at radius 1 is 1.05 bits per heavy atom. The summed E-state index contributed by atoms with van der Waals surface area (Å²) in [6.45, 7) is 5.54. The number of ether oxygens (including phenoxy) is 2. The van der Waals surface area contributed by atoms with Crippen LogP contribution in [0.3, 0.4) is 0 Å². The molecule has 20 heavy (non-hydrogen) atoms. The van der Waals surface area contributed by atoms with Crippen LogP contribution < -0.4 is 15.2 Å². The molecule has 0 saturated heterocycles. The lowest BCUT2D eigenvalue weighted by Crippen LogP contribution is -2.07. The van der Waals surface area contributed by atoms with Crippen LogP contribution in [-0.4, -0.2) is 6.10 Å². The summed E-state index contributed by atoms with van der Waals surface area (Å²) in [5.74, 6) is 1.26. The number of nitrogen functional groups attached to an aromatic ring is 1. The average Bonchev–Trinajstić information content (AvgIpc) is 2.37. The van der Waals surface area contributed by atoms with Gasteiger partial charge in [-0.3, -0.25) is 0 Å². The van der Waals surface area contributed by atoms with E-state index in [2.05, 4.69) is 0 Å². The lowest BCUT2D eigenvalue weighted by atomic mass is 10.2. The third kappa shape index (κ3) is 3.41. The predicted molar refractivity (Wildman–Crippen MR) is 77.8 cm³/mol. The van der Waals surface area contributed by atoms with Crippen molar-refractivity contribution in [1.82, 2.24) is 0 Å². The number of aryl methyl sites for hydroxylation is 1. The smallest absolute Gasteiger partial charge is 0.146 e. The molecule has 0 saturated carbocycles. The van der Waals surface area contributed by atoms with Crippen LogP contribution in [0, 0.1) is 12.7 Å². The predicted octanol–water partition coefficient (Wildman–Crippen LogP) is 4.30. The Balaban J connectivity index is 2.22. The molecule has 0 amide bonds. The second kappa shape index (κ2) is 5.82. The first kappa shape index (κ1) is 14.2. The fourth-order valence-corrected chi connectivity index (χ4v) is 1.71. The lowest BCUT2D eigenvalue weighted by Gasteiger charge is -2.14. The summed E-state index contributed by atoms with van der Waals surface area (Å²) in [5.41, 5.74) is 6.96. The van der Waals surface area contributed by atoms with E-state index >= 15 is 0 Å². The summed E-state index contributed by atoms with van der Waals surface area (Å²) >= 11 is 0. The zero-order valence-electron chi connectivity index (χ0n) is 11.8. The molecule has 3 nitrogen and oxygen atoms in total. The van der Waals surface area contributed by atoms with Crippen LogP contribution in [0.2, 0.25) is 0 Å². The summed E-state index contributed by atoms with van der Waals surface area (Å²) in [6.07, 6.45) is 0.0179. The molecule has 0 fully saturated rings. The summed E-state index contributed by atoms with van der Waals surface area (Å²) in [5, 5.41) is 0. The van der Waals surface area contributed by atoms with Crippen LogP contribution in [0.25, 0.3) is 0 Å². The van der Waals surface area contributed by atoms with Gasteiger partial charge in [-0.25, -0.2) is 4.39 Å². The van der Waals surface area contributed by atoms with Gasteiger partial charge in [-0.1, -0.05) is 6.07 Å². The summed E-state index contributed by atoms with van der Waals surface area (Å²) in [7, 11) is 0. The first-order valence-electron chi connectivity index (χ1n) is 6.46. The highest BCUT2D eigenvalue weighted by atomic mass is 19.1. The van der Waals surface area contributed by atoms with Crippen molar-refractivity contribution >= 4 is 5.69 Å². The van der Waals surface area contributed by atoms with Gasteiger partial charge in [0.05, 0.1) is 11.8 Å². The number of hydrogen-bond donors (Lipinski definition) is 1. The molecule has 0 aliphatic heterocycles. The Hall–Kier alpha value is -2.23. The minimum Gasteiger partial charge on any atom is -0.489 e. The van der Waals surface area contributed by atoms with Crippen molar-refractivity contribution in [1.29, 1.82) is 0 Å². The van der Waals surface area contributed by atoms with E-state index in [0.29, 0.717) is 28.5 Å². The Morgan fingerprint density at radius 3 is 2.35 bits per heavy atom. The van der Waals surface area contributed by atoms with Crippen LogP contribution in [0.5, 0.6) is 17.2 Å². The largest absolute Gasteiger partial charge is 0.489 e. The van der Waals surface area contributed by atoms with Crippen molar-refractivity contribution in [2.24, 2.45) is 0 Å². The van der Waals surface area contributed by atoms with Crippen molar-refractivity contribution in [3.63, 3.8) is 0 Å². The van der Waals surface area contributed by atoms with Crippen LogP contribution in [0.15, 0.2) is 36.4 Å². The molecule has 0 heterocycles. The third-order valence-corrected chi connectivity index (χ3v) is 2.73. The molecular formula is C16H18FNO2. The Bertz CT molecular complexity index is 611. The van der Waals surface area contributed by atoms with Gasteiger partial charge < -0.3 is 15.2 Å². The number of rotatable bonds is 4. The van der Waals surface area contributed by atoms with Crippen molar-refractivity contribution < 1.29 is 13.9 Å². The monoisotopic (exact) mass is 275 g/mol. The molecule has 2 aromatic rings. The highest BCUT2D eigenvalue weighted by Gasteiger charge is 2.07. The summed E-state index contributed by atoms with van der Waals surface area (Å²) < 4.78 is 24.7. The van der Waals surface area contributed by atoms with E-state index in [0.717, 1.165) is 0 Å². The molecule has 0 unspecified atom stereocenters. The van der Waals surface area contributed by atoms with Crippen LogP contribution in [0.4, 0.5) is 10.1 Å². The van der Waals surface area contributed by atoms with Gasteiger partial charge in [0, 0.05) is 12.1 Å². The maximum atomic E-state index is 13.5. The zero-order chi connectivity index (χ0) is 14.7. The highest BCUT2D eigenvalue weighted by molar-refractivity contribution is 5.56. The van der Waals surface area contributed by atoms with Gasteiger partial charge in [0.15, 0.2) is 0 Å². The number of nitrogens with two attached hydrogens (primary N) is 1. The van der Waals surface area contributed by atoms with Crippen LogP contribution in [0.1, 0.15) is 19.4 Å². The van der Waals surface area contributed by atoms with Gasteiger partial charge in [-0.2, -0.15) is 0 Å².